The van der Waals surface area contributed by atoms with Crippen LogP contribution >= 0.6 is 0 Å². The highest BCUT2D eigenvalue weighted by molar-refractivity contribution is 5.58. The maximum Gasteiger partial charge on any atom is 0.243 e. The van der Waals surface area contributed by atoms with Crippen LogP contribution in [0.3, 0.4) is 0 Å². The number of nitrogens with one attached hydrogen (secondary N) is 1. The molecule has 0 aliphatic heterocycles. The first-order valence-electron chi connectivity index (χ1n) is 6.21. The Morgan fingerprint density at radius 2 is 1.55 bits per heavy atom. The number of rotatable bonds is 4. The van der Waals surface area contributed by atoms with Gasteiger partial charge >= 0.3 is 0 Å². The van der Waals surface area contributed by atoms with E-state index in [1.54, 1.807) is 4.90 Å². The number of benzene rings is 1. The molecule has 1 aromatic heterocycles. The molecular weight excluding hydrogens is 254 g/mol. The Kier molecular flexibility index (Phi) is 3.99. The zero-order chi connectivity index (χ0) is 14.7. The van der Waals surface area contributed by atoms with E-state index in [1.165, 1.54) is 5.56 Å². The van der Waals surface area contributed by atoms with E-state index < -0.39 is 0 Å². The van der Waals surface area contributed by atoms with Crippen molar-refractivity contribution >= 4 is 23.5 Å². The number of hydrogen-bond donors (Lipinski definition) is 2. The van der Waals surface area contributed by atoms with Crippen LogP contribution in [0.2, 0.25) is 0 Å². The van der Waals surface area contributed by atoms with Crippen LogP contribution in [0.5, 0.6) is 0 Å². The van der Waals surface area contributed by atoms with Gasteiger partial charge in [-0.25, -0.2) is 5.84 Å². The molecule has 0 spiro atoms. The van der Waals surface area contributed by atoms with E-state index in [1.807, 2.05) is 57.2 Å². The molecule has 7 nitrogen and oxygen atoms in total. The fourth-order valence-electron chi connectivity index (χ4n) is 1.65. The minimum Gasteiger partial charge on any atom is -0.347 e. The van der Waals surface area contributed by atoms with E-state index >= 15 is 0 Å². The summed E-state index contributed by atoms with van der Waals surface area (Å²) in [5, 5.41) is 0. The average molecular weight is 273 g/mol. The molecule has 2 rings (SSSR count). The standard InChI is InChI=1S/C13H19N7/c1-9-5-7-10(8-6-9)20(4)13-16-11(18-14)15-12(17-13)19(2)3/h5-8H,14H2,1-4H3,(H,15,16,17,18). The number of nitrogen functional groups attached to an aromatic ring is 1. The lowest BCUT2D eigenvalue weighted by molar-refractivity contribution is 0.928. The monoisotopic (exact) mass is 273 g/mol. The van der Waals surface area contributed by atoms with E-state index in [0.29, 0.717) is 17.8 Å². The van der Waals surface area contributed by atoms with Crippen molar-refractivity contribution in [2.75, 3.05) is 36.4 Å². The molecule has 0 unspecified atom stereocenters. The van der Waals surface area contributed by atoms with Crippen LogP contribution < -0.4 is 21.1 Å². The Hall–Kier alpha value is -2.41. The van der Waals surface area contributed by atoms with Crippen LogP contribution in [0.25, 0.3) is 0 Å². The smallest absolute Gasteiger partial charge is 0.243 e. The van der Waals surface area contributed by atoms with Gasteiger partial charge in [-0.15, -0.1) is 0 Å². The lowest BCUT2D eigenvalue weighted by Crippen LogP contribution is -2.21. The summed E-state index contributed by atoms with van der Waals surface area (Å²) in [7, 11) is 5.64. The first-order valence-corrected chi connectivity index (χ1v) is 6.21. The Balaban J connectivity index is 2.40. The van der Waals surface area contributed by atoms with Gasteiger partial charge in [0.2, 0.25) is 17.8 Å². The van der Waals surface area contributed by atoms with E-state index in [2.05, 4.69) is 20.4 Å². The second-order valence-electron chi connectivity index (χ2n) is 4.69. The summed E-state index contributed by atoms with van der Waals surface area (Å²) in [6.45, 7) is 2.05. The number of aromatic nitrogens is 3. The fraction of sp³-hybridized carbons (Fsp3) is 0.308. The number of hydrogen-bond acceptors (Lipinski definition) is 7. The minimum atomic E-state index is 0.331. The molecule has 20 heavy (non-hydrogen) atoms. The average Bonchev–Trinajstić information content (AvgIpc) is 2.46. The first-order chi connectivity index (χ1) is 9.51. The lowest BCUT2D eigenvalue weighted by atomic mass is 10.2. The van der Waals surface area contributed by atoms with Crippen molar-refractivity contribution in [3.63, 3.8) is 0 Å². The minimum absolute atomic E-state index is 0.331. The second-order valence-corrected chi connectivity index (χ2v) is 4.69. The molecule has 2 aromatic rings. The molecule has 1 heterocycles. The molecule has 7 heteroatoms. The number of anilines is 4. The summed E-state index contributed by atoms with van der Waals surface area (Å²) in [6, 6.07) is 8.12. The van der Waals surface area contributed by atoms with Crippen LogP contribution in [0.1, 0.15) is 5.56 Å². The van der Waals surface area contributed by atoms with Gasteiger partial charge in [-0.3, -0.25) is 5.43 Å². The third kappa shape index (κ3) is 2.94. The topological polar surface area (TPSA) is 83.2 Å². The van der Waals surface area contributed by atoms with Gasteiger partial charge in [0.25, 0.3) is 0 Å². The van der Waals surface area contributed by atoms with E-state index in [-0.39, 0.29) is 0 Å². The van der Waals surface area contributed by atoms with Crippen LogP contribution in [0, 0.1) is 6.92 Å². The summed E-state index contributed by atoms with van der Waals surface area (Å²) in [5.74, 6) is 6.81. The second kappa shape index (κ2) is 5.70. The third-order valence-electron chi connectivity index (χ3n) is 2.86. The maximum absolute atomic E-state index is 5.41. The lowest BCUT2D eigenvalue weighted by Gasteiger charge is -2.20. The van der Waals surface area contributed by atoms with E-state index in [4.69, 9.17) is 5.84 Å². The highest BCUT2D eigenvalue weighted by Crippen LogP contribution is 2.22. The molecule has 0 bridgehead atoms. The van der Waals surface area contributed by atoms with Gasteiger partial charge < -0.3 is 9.80 Å². The largest absolute Gasteiger partial charge is 0.347 e. The Bertz CT molecular complexity index is 580. The Morgan fingerprint density at radius 3 is 2.10 bits per heavy atom. The highest BCUT2D eigenvalue weighted by atomic mass is 15.4. The van der Waals surface area contributed by atoms with Crippen molar-refractivity contribution in [1.29, 1.82) is 0 Å². The predicted octanol–water partition coefficient (Wildman–Crippen LogP) is 1.30. The van der Waals surface area contributed by atoms with Gasteiger partial charge in [-0.05, 0) is 19.1 Å². The number of nitrogens with zero attached hydrogens (tertiary/aromatic N) is 5. The van der Waals surface area contributed by atoms with Crippen LogP contribution in [0.4, 0.5) is 23.5 Å². The first kappa shape index (κ1) is 14.0. The molecule has 0 amide bonds. The van der Waals surface area contributed by atoms with Crippen molar-refractivity contribution in [2.45, 2.75) is 6.92 Å². The zero-order valence-electron chi connectivity index (χ0n) is 12.1. The van der Waals surface area contributed by atoms with Gasteiger partial charge in [0.05, 0.1) is 0 Å². The van der Waals surface area contributed by atoms with Gasteiger partial charge in [-0.1, -0.05) is 17.7 Å². The molecule has 1 aromatic carbocycles. The van der Waals surface area contributed by atoms with Crippen molar-refractivity contribution in [3.8, 4) is 0 Å². The molecule has 0 aliphatic carbocycles. The van der Waals surface area contributed by atoms with E-state index in [0.717, 1.165) is 5.69 Å². The third-order valence-corrected chi connectivity index (χ3v) is 2.86. The van der Waals surface area contributed by atoms with Crippen molar-refractivity contribution in [1.82, 2.24) is 15.0 Å². The predicted molar refractivity (Wildman–Crippen MR) is 81.2 cm³/mol. The molecule has 0 atom stereocenters. The zero-order valence-corrected chi connectivity index (χ0v) is 12.1. The maximum atomic E-state index is 5.41. The quantitative estimate of drug-likeness (QED) is 0.641. The van der Waals surface area contributed by atoms with Crippen LogP contribution in [0.15, 0.2) is 24.3 Å². The highest BCUT2D eigenvalue weighted by Gasteiger charge is 2.12. The normalized spacial score (nSPS) is 10.2. The summed E-state index contributed by atoms with van der Waals surface area (Å²) >= 11 is 0. The molecule has 0 radical (unpaired) electrons. The van der Waals surface area contributed by atoms with Crippen molar-refractivity contribution in [3.05, 3.63) is 29.8 Å². The molecule has 3 N–H and O–H groups in total. The summed E-state index contributed by atoms with van der Waals surface area (Å²) in [4.78, 5) is 16.6. The number of hydrazine groups is 1. The van der Waals surface area contributed by atoms with Gasteiger partial charge in [0.1, 0.15) is 0 Å². The number of nitrogens with two attached hydrogens (primary N) is 1. The van der Waals surface area contributed by atoms with Crippen molar-refractivity contribution in [2.24, 2.45) is 5.84 Å². The van der Waals surface area contributed by atoms with Crippen LogP contribution in [-0.4, -0.2) is 36.1 Å². The fourth-order valence-corrected chi connectivity index (χ4v) is 1.65. The van der Waals surface area contributed by atoms with Gasteiger partial charge in [-0.2, -0.15) is 15.0 Å². The van der Waals surface area contributed by atoms with E-state index in [9.17, 15) is 0 Å². The number of aryl methyl sites for hydroxylation is 1. The Morgan fingerprint density at radius 1 is 0.950 bits per heavy atom. The summed E-state index contributed by atoms with van der Waals surface area (Å²) in [5.41, 5.74) is 4.66. The van der Waals surface area contributed by atoms with Gasteiger partial charge in [0.15, 0.2) is 0 Å². The Labute approximate surface area is 118 Å². The molecular formula is C13H19N7. The molecule has 0 saturated carbocycles. The SMILES string of the molecule is Cc1ccc(N(C)c2nc(NN)nc(N(C)C)n2)cc1. The molecule has 0 saturated heterocycles. The molecule has 0 fully saturated rings. The van der Waals surface area contributed by atoms with Crippen molar-refractivity contribution < 1.29 is 0 Å². The molecule has 0 aliphatic rings. The van der Waals surface area contributed by atoms with Crippen LogP contribution in [-0.2, 0) is 0 Å². The van der Waals surface area contributed by atoms with Gasteiger partial charge in [0, 0.05) is 26.8 Å². The molecule has 106 valence electrons. The summed E-state index contributed by atoms with van der Waals surface area (Å²) in [6.07, 6.45) is 0. The summed E-state index contributed by atoms with van der Waals surface area (Å²) < 4.78 is 0.